The Balaban J connectivity index is 1.53. The summed E-state index contributed by atoms with van der Waals surface area (Å²) in [4.78, 5) is 4.12. The number of aliphatic hydroxyl groups is 1. The topological polar surface area (TPSA) is 101 Å². The van der Waals surface area contributed by atoms with E-state index in [-0.39, 0.29) is 12.1 Å². The molecule has 0 radical (unpaired) electrons. The summed E-state index contributed by atoms with van der Waals surface area (Å²) >= 11 is 0. The van der Waals surface area contributed by atoms with Gasteiger partial charge in [-0.3, -0.25) is 9.67 Å². The van der Waals surface area contributed by atoms with Crippen LogP contribution in [-0.4, -0.2) is 35.6 Å². The van der Waals surface area contributed by atoms with Crippen molar-refractivity contribution in [3.8, 4) is 22.9 Å². The fourth-order valence-corrected chi connectivity index (χ4v) is 4.66. The Morgan fingerprint density at radius 3 is 2.68 bits per heavy atom. The maximum atomic E-state index is 13.3. The molecule has 0 aromatic carbocycles. The number of rotatable bonds is 5. The van der Waals surface area contributed by atoms with Crippen LogP contribution in [0, 0.1) is 24.1 Å². The Hall–Kier alpha value is -3.77. The number of halogens is 1. The van der Waals surface area contributed by atoms with Crippen LogP contribution in [0.4, 0.5) is 4.39 Å². The first kappa shape index (κ1) is 22.0. The molecule has 1 N–H and O–H groups in total. The first-order chi connectivity index (χ1) is 16.4. The van der Waals surface area contributed by atoms with Gasteiger partial charge in [0.1, 0.15) is 34.8 Å². The fraction of sp³-hybridized carbons (Fsp3) is 0.360. The van der Waals surface area contributed by atoms with Crippen LogP contribution in [-0.2, 0) is 0 Å². The van der Waals surface area contributed by atoms with E-state index in [2.05, 4.69) is 21.3 Å². The molecule has 0 spiro atoms. The van der Waals surface area contributed by atoms with E-state index < -0.39 is 11.9 Å². The summed E-state index contributed by atoms with van der Waals surface area (Å²) in [7, 11) is 0. The molecule has 5 rings (SSSR count). The number of ether oxygens (including phenoxy) is 1. The van der Waals surface area contributed by atoms with Gasteiger partial charge in [0, 0.05) is 23.0 Å². The highest BCUT2D eigenvalue weighted by Crippen LogP contribution is 2.36. The quantitative estimate of drug-likeness (QED) is 0.470. The van der Waals surface area contributed by atoms with E-state index >= 15 is 0 Å². The van der Waals surface area contributed by atoms with Gasteiger partial charge in [-0.25, -0.2) is 8.91 Å². The van der Waals surface area contributed by atoms with Crippen molar-refractivity contribution in [1.82, 2.24) is 24.4 Å². The number of hydrogen-bond acceptors (Lipinski definition) is 6. The van der Waals surface area contributed by atoms with E-state index in [9.17, 15) is 14.8 Å². The van der Waals surface area contributed by atoms with E-state index in [0.717, 1.165) is 48.7 Å². The van der Waals surface area contributed by atoms with Crippen molar-refractivity contribution in [2.24, 2.45) is 0 Å². The standard InChI is InChI=1S/C25H25FN6O2/c1-15-22(13-30-32(15)20-4-6-21(33)7-5-20)17-9-24(25-18(10-27)11-29-31(25)14-17)34-16(2)23-8-3-19(26)12-28-23/h3,8-9,11-14,16,20-21,33H,4-7H2,1-2H3/t16-,20?,21?/m0/s1. The van der Waals surface area contributed by atoms with E-state index in [1.54, 1.807) is 10.6 Å². The van der Waals surface area contributed by atoms with Gasteiger partial charge in [0.2, 0.25) is 0 Å². The van der Waals surface area contributed by atoms with Gasteiger partial charge in [-0.15, -0.1) is 0 Å². The molecule has 1 aliphatic rings. The highest BCUT2D eigenvalue weighted by Gasteiger charge is 2.24. The van der Waals surface area contributed by atoms with Gasteiger partial charge in [-0.05, 0) is 57.7 Å². The number of fused-ring (bicyclic) bond motifs is 1. The van der Waals surface area contributed by atoms with E-state index in [0.29, 0.717) is 22.5 Å². The third-order valence-electron chi connectivity index (χ3n) is 6.54. The van der Waals surface area contributed by atoms with E-state index in [4.69, 9.17) is 4.74 Å². The average molecular weight is 461 g/mol. The molecule has 1 aliphatic carbocycles. The predicted molar refractivity (Wildman–Crippen MR) is 123 cm³/mol. The Labute approximate surface area is 196 Å². The summed E-state index contributed by atoms with van der Waals surface area (Å²) in [5.41, 5.74) is 4.35. The monoisotopic (exact) mass is 460 g/mol. The molecule has 0 bridgehead atoms. The number of hydrogen-bond donors (Lipinski definition) is 1. The molecule has 0 unspecified atom stereocenters. The van der Waals surface area contributed by atoms with Gasteiger partial charge in [0.25, 0.3) is 0 Å². The molecule has 0 saturated heterocycles. The SMILES string of the molecule is Cc1c(-c2cc(O[C@@H](C)c3ccc(F)cn3)c3c(C#N)cnn3c2)cnn1C1CCC(O)CC1. The van der Waals surface area contributed by atoms with E-state index in [1.165, 1.54) is 12.3 Å². The third kappa shape index (κ3) is 4.01. The maximum Gasteiger partial charge on any atom is 0.148 e. The highest BCUT2D eigenvalue weighted by atomic mass is 19.1. The summed E-state index contributed by atoms with van der Waals surface area (Å²) in [6.07, 6.45) is 9.02. The molecule has 1 saturated carbocycles. The summed E-state index contributed by atoms with van der Waals surface area (Å²) in [5, 5.41) is 28.4. The van der Waals surface area contributed by atoms with Crippen LogP contribution < -0.4 is 4.74 Å². The van der Waals surface area contributed by atoms with Gasteiger partial charge >= 0.3 is 0 Å². The summed E-state index contributed by atoms with van der Waals surface area (Å²) < 4.78 is 23.2. The highest BCUT2D eigenvalue weighted by molar-refractivity contribution is 5.76. The predicted octanol–water partition coefficient (Wildman–Crippen LogP) is 4.53. The number of nitrogens with zero attached hydrogens (tertiary/aromatic N) is 6. The van der Waals surface area contributed by atoms with Crippen LogP contribution in [0.5, 0.6) is 5.75 Å². The average Bonchev–Trinajstić information content (AvgIpc) is 3.43. The fourth-order valence-electron chi connectivity index (χ4n) is 4.66. The minimum absolute atomic E-state index is 0.222. The van der Waals surface area contributed by atoms with Crippen LogP contribution in [0.1, 0.15) is 61.7 Å². The van der Waals surface area contributed by atoms with Crippen LogP contribution in [0.25, 0.3) is 16.6 Å². The van der Waals surface area contributed by atoms with Crippen molar-refractivity contribution >= 4 is 5.52 Å². The lowest BCUT2D eigenvalue weighted by molar-refractivity contribution is 0.107. The van der Waals surface area contributed by atoms with Gasteiger partial charge in [-0.1, -0.05) is 0 Å². The molecule has 4 heterocycles. The molecule has 1 fully saturated rings. The summed E-state index contributed by atoms with van der Waals surface area (Å²) in [6.45, 7) is 3.86. The Morgan fingerprint density at radius 2 is 1.97 bits per heavy atom. The molecule has 34 heavy (non-hydrogen) atoms. The molecule has 1 atom stereocenters. The van der Waals surface area contributed by atoms with Crippen molar-refractivity contribution in [3.63, 3.8) is 0 Å². The Kier molecular flexibility index (Phi) is 5.75. The Bertz CT molecular complexity index is 1360. The number of aromatic nitrogens is 5. The molecule has 0 amide bonds. The lowest BCUT2D eigenvalue weighted by Gasteiger charge is -2.26. The molecule has 174 valence electrons. The zero-order chi connectivity index (χ0) is 23.8. The van der Waals surface area contributed by atoms with Gasteiger partial charge < -0.3 is 9.84 Å². The normalized spacial score (nSPS) is 19.1. The van der Waals surface area contributed by atoms with Crippen LogP contribution in [0.2, 0.25) is 0 Å². The number of aliphatic hydroxyl groups excluding tert-OH is 1. The van der Waals surface area contributed by atoms with E-state index in [1.807, 2.05) is 37.0 Å². The zero-order valence-corrected chi connectivity index (χ0v) is 19.0. The minimum atomic E-state index is -0.474. The molecule has 4 aromatic rings. The molecule has 0 aliphatic heterocycles. The first-order valence-electron chi connectivity index (χ1n) is 11.4. The Morgan fingerprint density at radius 1 is 1.18 bits per heavy atom. The van der Waals surface area contributed by atoms with Crippen LogP contribution in [0.15, 0.2) is 43.0 Å². The second kappa shape index (κ2) is 8.88. The number of nitriles is 1. The van der Waals surface area contributed by atoms with Crippen molar-refractivity contribution < 1.29 is 14.2 Å². The maximum absolute atomic E-state index is 13.3. The zero-order valence-electron chi connectivity index (χ0n) is 19.0. The van der Waals surface area contributed by atoms with Crippen molar-refractivity contribution in [2.75, 3.05) is 0 Å². The van der Waals surface area contributed by atoms with Crippen molar-refractivity contribution in [1.29, 1.82) is 5.26 Å². The summed E-state index contributed by atoms with van der Waals surface area (Å²) in [6, 6.07) is 7.24. The first-order valence-corrected chi connectivity index (χ1v) is 11.4. The van der Waals surface area contributed by atoms with Crippen LogP contribution >= 0.6 is 0 Å². The smallest absolute Gasteiger partial charge is 0.148 e. The van der Waals surface area contributed by atoms with Gasteiger partial charge in [-0.2, -0.15) is 15.5 Å². The summed E-state index contributed by atoms with van der Waals surface area (Å²) in [5.74, 6) is 0.0703. The number of pyridine rings is 2. The largest absolute Gasteiger partial charge is 0.482 e. The molecule has 4 aromatic heterocycles. The molecule has 9 heteroatoms. The minimum Gasteiger partial charge on any atom is -0.482 e. The molecule has 8 nitrogen and oxygen atoms in total. The molecular formula is C25H25FN6O2. The lowest BCUT2D eigenvalue weighted by Crippen LogP contribution is -2.22. The lowest BCUT2D eigenvalue weighted by atomic mass is 9.93. The van der Waals surface area contributed by atoms with Crippen molar-refractivity contribution in [3.05, 3.63) is 65.8 Å². The molecular weight excluding hydrogens is 435 g/mol. The third-order valence-corrected chi connectivity index (χ3v) is 6.54. The van der Waals surface area contributed by atoms with Gasteiger partial charge in [0.15, 0.2) is 0 Å². The second-order valence-corrected chi connectivity index (χ2v) is 8.77. The van der Waals surface area contributed by atoms with Crippen molar-refractivity contribution in [2.45, 2.75) is 57.8 Å². The second-order valence-electron chi connectivity index (χ2n) is 8.77. The van der Waals surface area contributed by atoms with Gasteiger partial charge in [0.05, 0.1) is 36.4 Å². The van der Waals surface area contributed by atoms with Crippen LogP contribution in [0.3, 0.4) is 0 Å².